The van der Waals surface area contributed by atoms with Gasteiger partial charge in [0.2, 0.25) is 0 Å². The first kappa shape index (κ1) is 15.0. The molecule has 0 aliphatic carbocycles. The van der Waals surface area contributed by atoms with E-state index >= 15 is 0 Å². The van der Waals surface area contributed by atoms with Gasteiger partial charge in [-0.3, -0.25) is 0 Å². The summed E-state index contributed by atoms with van der Waals surface area (Å²) in [5.41, 5.74) is 3.64. The van der Waals surface area contributed by atoms with Gasteiger partial charge in [0.15, 0.2) is 0 Å². The van der Waals surface area contributed by atoms with Crippen molar-refractivity contribution in [3.63, 3.8) is 0 Å². The van der Waals surface area contributed by atoms with Crippen LogP contribution in [-0.2, 0) is 22.1 Å². The summed E-state index contributed by atoms with van der Waals surface area (Å²) in [6, 6.07) is 0. The van der Waals surface area contributed by atoms with E-state index in [9.17, 15) is 0 Å². The average Bonchev–Trinajstić information content (AvgIpc) is 2.31. The molecule has 0 heterocycles. The van der Waals surface area contributed by atoms with Crippen molar-refractivity contribution in [3.05, 3.63) is 11.4 Å². The molecule has 15 heavy (non-hydrogen) atoms. The molecule has 0 rings (SSSR count). The molecular weight excluding hydrogens is 232 g/mol. The molecular formula is C8H20O5Si2. The highest BCUT2D eigenvalue weighted by Gasteiger charge is 2.37. The molecule has 5 nitrogen and oxygen atoms in total. The van der Waals surface area contributed by atoms with Gasteiger partial charge in [-0.05, 0) is 17.9 Å². The van der Waals surface area contributed by atoms with Crippen molar-refractivity contribution in [1.82, 2.24) is 0 Å². The predicted molar refractivity (Wildman–Crippen MR) is 61.6 cm³/mol. The average molecular weight is 252 g/mol. The summed E-state index contributed by atoms with van der Waals surface area (Å²) >= 11 is 0. The highest BCUT2D eigenvalue weighted by atomic mass is 28.4. The monoisotopic (exact) mass is 252 g/mol. The van der Waals surface area contributed by atoms with Gasteiger partial charge in [0.25, 0.3) is 0 Å². The molecule has 7 heteroatoms. The Morgan fingerprint density at radius 1 is 0.667 bits per heavy atom. The quantitative estimate of drug-likeness (QED) is 0.629. The van der Waals surface area contributed by atoms with Crippen molar-refractivity contribution >= 4 is 17.4 Å². The van der Waals surface area contributed by atoms with Crippen molar-refractivity contribution in [1.29, 1.82) is 0 Å². The van der Waals surface area contributed by atoms with Crippen LogP contribution in [0.25, 0.3) is 0 Å². The standard InChI is InChI=1S/C8H20O5Si2/c1-9-14(6,10-2)7-8-15(11-3,12-4)13-5/h7-8H,1-6H3. The Labute approximate surface area is 93.6 Å². The Kier molecular flexibility index (Phi) is 6.52. The first-order chi connectivity index (χ1) is 7.01. The van der Waals surface area contributed by atoms with Gasteiger partial charge >= 0.3 is 17.4 Å². The molecule has 0 bridgehead atoms. The fourth-order valence-electron chi connectivity index (χ4n) is 0.927. The third-order valence-corrected chi connectivity index (χ3v) is 7.26. The first-order valence-electron chi connectivity index (χ1n) is 4.47. The van der Waals surface area contributed by atoms with Gasteiger partial charge in [-0.25, -0.2) is 0 Å². The molecule has 0 amide bonds. The fraction of sp³-hybridized carbons (Fsp3) is 0.750. The van der Waals surface area contributed by atoms with Crippen LogP contribution in [0.4, 0.5) is 0 Å². The Hall–Kier alpha value is -0.0262. The van der Waals surface area contributed by atoms with Crippen LogP contribution in [0, 0.1) is 0 Å². The summed E-state index contributed by atoms with van der Waals surface area (Å²) in [4.78, 5) is 0. The SMILES string of the molecule is CO[Si](C)(C=C[Si](OC)(OC)OC)OC. The normalized spacial score (nSPS) is 13.7. The summed E-state index contributed by atoms with van der Waals surface area (Å²) in [5, 5.41) is 0. The van der Waals surface area contributed by atoms with E-state index in [4.69, 9.17) is 22.1 Å². The lowest BCUT2D eigenvalue weighted by Gasteiger charge is -2.23. The van der Waals surface area contributed by atoms with Crippen molar-refractivity contribution in [3.8, 4) is 0 Å². The molecule has 0 radical (unpaired) electrons. The van der Waals surface area contributed by atoms with Gasteiger partial charge in [-0.2, -0.15) is 0 Å². The Morgan fingerprint density at radius 3 is 1.33 bits per heavy atom. The smallest absolute Gasteiger partial charge is 0.395 e. The van der Waals surface area contributed by atoms with Gasteiger partial charge in [0, 0.05) is 35.5 Å². The molecule has 0 unspecified atom stereocenters. The minimum Gasteiger partial charge on any atom is -0.395 e. The minimum atomic E-state index is -2.67. The van der Waals surface area contributed by atoms with Crippen molar-refractivity contribution in [2.45, 2.75) is 6.55 Å². The molecule has 0 aromatic carbocycles. The number of hydrogen-bond donors (Lipinski definition) is 0. The van der Waals surface area contributed by atoms with Gasteiger partial charge in [0.1, 0.15) is 0 Å². The predicted octanol–water partition coefficient (Wildman–Crippen LogP) is 0.864. The van der Waals surface area contributed by atoms with E-state index in [1.165, 1.54) is 0 Å². The maximum Gasteiger partial charge on any atom is 0.528 e. The van der Waals surface area contributed by atoms with E-state index in [1.807, 2.05) is 12.2 Å². The van der Waals surface area contributed by atoms with Crippen LogP contribution in [0.15, 0.2) is 11.4 Å². The molecule has 0 atom stereocenters. The first-order valence-corrected chi connectivity index (χ1v) is 8.67. The third kappa shape index (κ3) is 4.15. The second kappa shape index (κ2) is 6.53. The minimum absolute atomic E-state index is 1.56. The van der Waals surface area contributed by atoms with Gasteiger partial charge in [0.05, 0.1) is 0 Å². The molecule has 0 aliphatic heterocycles. The Balaban J connectivity index is 4.72. The molecule has 0 aromatic rings. The summed E-state index contributed by atoms with van der Waals surface area (Å²) in [6.07, 6.45) is 0. The molecule has 0 fully saturated rings. The number of hydrogen-bond acceptors (Lipinski definition) is 5. The zero-order chi connectivity index (χ0) is 11.9. The van der Waals surface area contributed by atoms with Crippen LogP contribution >= 0.6 is 0 Å². The lowest BCUT2D eigenvalue weighted by molar-refractivity contribution is 0.138. The zero-order valence-corrected chi connectivity index (χ0v) is 12.2. The van der Waals surface area contributed by atoms with Gasteiger partial charge in [-0.1, -0.05) is 0 Å². The Bertz CT molecular complexity index is 193. The van der Waals surface area contributed by atoms with Gasteiger partial charge < -0.3 is 22.1 Å². The van der Waals surface area contributed by atoms with Crippen molar-refractivity contribution in [2.24, 2.45) is 0 Å². The molecule has 0 aliphatic rings. The van der Waals surface area contributed by atoms with Crippen molar-refractivity contribution < 1.29 is 22.1 Å². The maximum atomic E-state index is 5.30. The van der Waals surface area contributed by atoms with E-state index in [2.05, 4.69) is 0 Å². The summed E-state index contributed by atoms with van der Waals surface area (Å²) in [7, 11) is 3.01. The van der Waals surface area contributed by atoms with E-state index in [0.29, 0.717) is 0 Å². The van der Waals surface area contributed by atoms with Crippen LogP contribution in [0.1, 0.15) is 0 Å². The second-order valence-corrected chi connectivity index (χ2v) is 8.92. The molecule has 0 saturated heterocycles. The zero-order valence-electron chi connectivity index (χ0n) is 10.2. The summed E-state index contributed by atoms with van der Waals surface area (Å²) in [5.74, 6) is 0. The van der Waals surface area contributed by atoms with E-state index in [1.54, 1.807) is 41.2 Å². The maximum absolute atomic E-state index is 5.30. The van der Waals surface area contributed by atoms with E-state index < -0.39 is 17.4 Å². The van der Waals surface area contributed by atoms with Crippen LogP contribution in [0.3, 0.4) is 0 Å². The van der Waals surface area contributed by atoms with Gasteiger partial charge in [-0.15, -0.1) is 0 Å². The lowest BCUT2D eigenvalue weighted by Crippen LogP contribution is -2.43. The van der Waals surface area contributed by atoms with E-state index in [0.717, 1.165) is 0 Å². The summed E-state index contributed by atoms with van der Waals surface area (Å²) in [6.45, 7) is 1.92. The molecule has 90 valence electrons. The topological polar surface area (TPSA) is 46.2 Å². The van der Waals surface area contributed by atoms with Crippen LogP contribution in [0.2, 0.25) is 6.55 Å². The largest absolute Gasteiger partial charge is 0.528 e. The lowest BCUT2D eigenvalue weighted by atomic mass is 11.2. The second-order valence-electron chi connectivity index (χ2n) is 2.97. The number of rotatable bonds is 7. The van der Waals surface area contributed by atoms with Crippen LogP contribution in [0.5, 0.6) is 0 Å². The molecule has 0 N–H and O–H groups in total. The highest BCUT2D eigenvalue weighted by molar-refractivity contribution is 6.75. The molecule has 0 spiro atoms. The molecule has 0 saturated carbocycles. The van der Waals surface area contributed by atoms with Crippen LogP contribution < -0.4 is 0 Å². The third-order valence-electron chi connectivity index (χ3n) is 2.25. The van der Waals surface area contributed by atoms with Crippen molar-refractivity contribution in [2.75, 3.05) is 35.5 Å². The van der Waals surface area contributed by atoms with Crippen LogP contribution in [-0.4, -0.2) is 52.9 Å². The fourth-order valence-corrected chi connectivity index (χ4v) is 4.30. The Morgan fingerprint density at radius 2 is 1.07 bits per heavy atom. The van der Waals surface area contributed by atoms with E-state index in [-0.39, 0.29) is 0 Å². The molecule has 0 aromatic heterocycles. The summed E-state index contributed by atoms with van der Waals surface area (Å²) < 4.78 is 26.3. The highest BCUT2D eigenvalue weighted by Crippen LogP contribution is 2.12.